The third-order valence-corrected chi connectivity index (χ3v) is 5.78. The fraction of sp³-hybridized carbons (Fsp3) is 0.350. The Kier molecular flexibility index (Phi) is 5.97. The average molecular weight is 404 g/mol. The third-order valence-electron chi connectivity index (χ3n) is 4.37. The van der Waals surface area contributed by atoms with E-state index in [1.807, 2.05) is 45.0 Å². The number of rotatable bonds is 6. The summed E-state index contributed by atoms with van der Waals surface area (Å²) < 4.78 is 5.77. The van der Waals surface area contributed by atoms with Crippen molar-refractivity contribution in [2.75, 3.05) is 0 Å². The van der Waals surface area contributed by atoms with Gasteiger partial charge in [-0.25, -0.2) is 0 Å². The molecule has 2 heterocycles. The molecule has 0 saturated heterocycles. The summed E-state index contributed by atoms with van der Waals surface area (Å²) in [5, 5.41) is 8.74. The molecule has 3 aromatic rings. The SMILES string of the molecule is CCc1cc(C(=O)N(Cc2nnc(-c3ccccc3Cl)o2)C(C)C)sc1C. The van der Waals surface area contributed by atoms with E-state index < -0.39 is 0 Å². The van der Waals surface area contributed by atoms with Gasteiger partial charge < -0.3 is 9.32 Å². The van der Waals surface area contributed by atoms with Crippen LogP contribution in [0.4, 0.5) is 0 Å². The van der Waals surface area contributed by atoms with E-state index in [4.69, 9.17) is 16.0 Å². The van der Waals surface area contributed by atoms with Crippen LogP contribution in [0.1, 0.15) is 46.8 Å². The Bertz CT molecular complexity index is 948. The van der Waals surface area contributed by atoms with Crippen molar-refractivity contribution in [1.29, 1.82) is 0 Å². The number of hydrogen-bond donors (Lipinski definition) is 0. The van der Waals surface area contributed by atoms with Crippen molar-refractivity contribution in [2.24, 2.45) is 0 Å². The van der Waals surface area contributed by atoms with Crippen molar-refractivity contribution in [1.82, 2.24) is 15.1 Å². The van der Waals surface area contributed by atoms with Crippen molar-refractivity contribution < 1.29 is 9.21 Å². The second kappa shape index (κ2) is 8.23. The molecule has 5 nitrogen and oxygen atoms in total. The quantitative estimate of drug-likeness (QED) is 0.554. The standard InChI is InChI=1S/C20H22ClN3O2S/c1-5-14-10-17(27-13(14)4)20(25)24(12(2)3)11-18-22-23-19(26-18)15-8-6-7-9-16(15)21/h6-10,12H,5,11H2,1-4H3. The molecule has 0 aliphatic carbocycles. The Balaban J connectivity index is 1.83. The van der Waals surface area contributed by atoms with Crippen molar-refractivity contribution in [3.05, 3.63) is 56.6 Å². The van der Waals surface area contributed by atoms with E-state index in [2.05, 4.69) is 17.1 Å². The lowest BCUT2D eigenvalue weighted by molar-refractivity contribution is 0.0677. The van der Waals surface area contributed by atoms with Gasteiger partial charge in [-0.1, -0.05) is 30.7 Å². The van der Waals surface area contributed by atoms with Crippen LogP contribution in [-0.2, 0) is 13.0 Å². The van der Waals surface area contributed by atoms with Crippen molar-refractivity contribution in [2.45, 2.75) is 46.7 Å². The maximum atomic E-state index is 13.0. The molecule has 0 fully saturated rings. The first-order chi connectivity index (χ1) is 12.9. The van der Waals surface area contributed by atoms with Crippen LogP contribution in [0.3, 0.4) is 0 Å². The van der Waals surface area contributed by atoms with E-state index in [9.17, 15) is 4.79 Å². The lowest BCUT2D eigenvalue weighted by Crippen LogP contribution is -2.36. The van der Waals surface area contributed by atoms with E-state index in [0.29, 0.717) is 22.4 Å². The van der Waals surface area contributed by atoms with Crippen LogP contribution in [0.2, 0.25) is 5.02 Å². The molecule has 1 aromatic carbocycles. The van der Waals surface area contributed by atoms with Gasteiger partial charge in [-0.05, 0) is 51.0 Å². The minimum atomic E-state index is -0.0182. The first kappa shape index (κ1) is 19.6. The molecule has 0 unspecified atom stereocenters. The van der Waals surface area contributed by atoms with Crippen molar-refractivity contribution in [3.8, 4) is 11.5 Å². The summed E-state index contributed by atoms with van der Waals surface area (Å²) in [6.07, 6.45) is 0.919. The zero-order valence-electron chi connectivity index (χ0n) is 15.8. The van der Waals surface area contributed by atoms with Gasteiger partial charge in [0.2, 0.25) is 11.8 Å². The summed E-state index contributed by atoms with van der Waals surface area (Å²) in [5.74, 6) is 0.721. The molecule has 0 radical (unpaired) electrons. The lowest BCUT2D eigenvalue weighted by Gasteiger charge is -2.24. The maximum absolute atomic E-state index is 13.0. The number of benzene rings is 1. The van der Waals surface area contributed by atoms with Crippen LogP contribution in [0.25, 0.3) is 11.5 Å². The van der Waals surface area contributed by atoms with Gasteiger partial charge in [0.15, 0.2) is 0 Å². The van der Waals surface area contributed by atoms with Crippen LogP contribution in [0.5, 0.6) is 0 Å². The van der Waals surface area contributed by atoms with Crippen LogP contribution in [-0.4, -0.2) is 27.0 Å². The number of nitrogens with zero attached hydrogens (tertiary/aromatic N) is 3. The summed E-state index contributed by atoms with van der Waals surface area (Å²) in [6, 6.07) is 9.29. The monoisotopic (exact) mass is 403 g/mol. The Morgan fingerprint density at radius 2 is 2.04 bits per heavy atom. The molecule has 27 heavy (non-hydrogen) atoms. The molecular formula is C20H22ClN3O2S. The summed E-state index contributed by atoms with van der Waals surface area (Å²) >= 11 is 7.73. The normalized spacial score (nSPS) is 11.2. The molecule has 7 heteroatoms. The number of amides is 1. The molecule has 0 N–H and O–H groups in total. The molecule has 142 valence electrons. The zero-order valence-corrected chi connectivity index (χ0v) is 17.4. The fourth-order valence-corrected chi connectivity index (χ4v) is 4.10. The van der Waals surface area contributed by atoms with E-state index in [1.54, 1.807) is 11.0 Å². The number of aryl methyl sites for hydroxylation is 2. The van der Waals surface area contributed by atoms with Crippen LogP contribution in [0, 0.1) is 6.92 Å². The molecule has 0 aliphatic rings. The first-order valence-electron chi connectivity index (χ1n) is 8.88. The minimum absolute atomic E-state index is 0.000598. The highest BCUT2D eigenvalue weighted by molar-refractivity contribution is 7.14. The topological polar surface area (TPSA) is 59.2 Å². The molecular weight excluding hydrogens is 382 g/mol. The number of thiophene rings is 1. The summed E-state index contributed by atoms with van der Waals surface area (Å²) in [7, 11) is 0. The van der Waals surface area contributed by atoms with Crippen LogP contribution in [0.15, 0.2) is 34.7 Å². The summed E-state index contributed by atoms with van der Waals surface area (Å²) in [5.41, 5.74) is 1.90. The molecule has 0 atom stereocenters. The molecule has 0 aliphatic heterocycles. The Morgan fingerprint density at radius 1 is 1.30 bits per heavy atom. The van der Waals surface area contributed by atoms with Gasteiger partial charge in [-0.3, -0.25) is 4.79 Å². The van der Waals surface area contributed by atoms with Crippen molar-refractivity contribution in [3.63, 3.8) is 0 Å². The average Bonchev–Trinajstić information content (AvgIpc) is 3.25. The maximum Gasteiger partial charge on any atom is 0.264 e. The van der Waals surface area contributed by atoms with Gasteiger partial charge in [-0.2, -0.15) is 0 Å². The summed E-state index contributed by atoms with van der Waals surface area (Å²) in [6.45, 7) is 8.35. The Morgan fingerprint density at radius 3 is 2.67 bits per heavy atom. The van der Waals surface area contributed by atoms with Crippen LogP contribution >= 0.6 is 22.9 Å². The van der Waals surface area contributed by atoms with E-state index >= 15 is 0 Å². The largest absolute Gasteiger partial charge is 0.419 e. The third kappa shape index (κ3) is 4.22. The van der Waals surface area contributed by atoms with Gasteiger partial charge in [0, 0.05) is 10.9 Å². The van der Waals surface area contributed by atoms with E-state index in [1.165, 1.54) is 21.8 Å². The highest BCUT2D eigenvalue weighted by Crippen LogP contribution is 2.28. The Labute approximate surface area is 168 Å². The molecule has 2 aromatic heterocycles. The van der Waals surface area contributed by atoms with Gasteiger partial charge in [0.05, 0.1) is 22.0 Å². The zero-order chi connectivity index (χ0) is 19.6. The van der Waals surface area contributed by atoms with Gasteiger partial charge in [-0.15, -0.1) is 21.5 Å². The number of carbonyl (C=O) groups excluding carboxylic acids is 1. The van der Waals surface area contributed by atoms with Gasteiger partial charge >= 0.3 is 0 Å². The smallest absolute Gasteiger partial charge is 0.264 e. The van der Waals surface area contributed by atoms with Crippen LogP contribution < -0.4 is 0 Å². The molecule has 0 bridgehead atoms. The first-order valence-corrected chi connectivity index (χ1v) is 10.1. The minimum Gasteiger partial charge on any atom is -0.419 e. The highest BCUT2D eigenvalue weighted by atomic mass is 35.5. The molecule has 0 spiro atoms. The van der Waals surface area contributed by atoms with Gasteiger partial charge in [0.25, 0.3) is 5.91 Å². The summed E-state index contributed by atoms with van der Waals surface area (Å²) in [4.78, 5) is 16.7. The number of hydrogen-bond acceptors (Lipinski definition) is 5. The van der Waals surface area contributed by atoms with E-state index in [0.717, 1.165) is 11.3 Å². The Hall–Kier alpha value is -2.18. The second-order valence-electron chi connectivity index (χ2n) is 6.55. The number of halogens is 1. The molecule has 0 saturated carbocycles. The van der Waals surface area contributed by atoms with Crippen molar-refractivity contribution >= 4 is 28.8 Å². The fourth-order valence-electron chi connectivity index (χ4n) is 2.81. The highest BCUT2D eigenvalue weighted by Gasteiger charge is 2.24. The van der Waals surface area contributed by atoms with E-state index in [-0.39, 0.29) is 18.5 Å². The predicted octanol–water partition coefficient (Wildman–Crippen LogP) is 5.37. The predicted molar refractivity (Wildman–Crippen MR) is 108 cm³/mol. The number of carbonyl (C=O) groups is 1. The lowest BCUT2D eigenvalue weighted by atomic mass is 10.2. The number of aromatic nitrogens is 2. The second-order valence-corrected chi connectivity index (χ2v) is 8.22. The molecule has 1 amide bonds. The molecule has 3 rings (SSSR count). The van der Waals surface area contributed by atoms with Gasteiger partial charge in [0.1, 0.15) is 0 Å².